The minimum absolute atomic E-state index is 0.0484. The fourth-order valence-corrected chi connectivity index (χ4v) is 3.47. The van der Waals surface area contributed by atoms with E-state index in [1.54, 1.807) is 0 Å². The molecule has 2 aromatic heterocycles. The van der Waals surface area contributed by atoms with Gasteiger partial charge in [0, 0.05) is 11.3 Å². The number of nitrogens with zero attached hydrogens (tertiary/aromatic N) is 3. The van der Waals surface area contributed by atoms with Crippen LogP contribution in [0.1, 0.15) is 26.4 Å². The number of benzene rings is 2. The van der Waals surface area contributed by atoms with Gasteiger partial charge in [0.15, 0.2) is 22.8 Å². The molecule has 0 saturated carbocycles. The zero-order valence-corrected chi connectivity index (χ0v) is 19.2. The number of nitrogens with one attached hydrogen (secondary N) is 1. The second-order valence-corrected chi connectivity index (χ2v) is 7.41. The number of rotatable bonds is 6. The number of amides is 1. The van der Waals surface area contributed by atoms with Gasteiger partial charge in [0.2, 0.25) is 0 Å². The summed E-state index contributed by atoms with van der Waals surface area (Å²) in [6.45, 7) is 0. The number of anilines is 1. The number of carbonyl (C=O) groups excluding carboxylic acids is 2. The topological polar surface area (TPSA) is 104 Å². The molecular weight excluding hydrogens is 481 g/mol. The minimum Gasteiger partial charge on any atom is -0.493 e. The molecule has 4 aromatic rings. The quantitative estimate of drug-likeness (QED) is 0.390. The van der Waals surface area contributed by atoms with Gasteiger partial charge in [0.25, 0.3) is 5.91 Å². The molecule has 0 saturated heterocycles. The van der Waals surface area contributed by atoms with Crippen LogP contribution >= 0.6 is 0 Å². The van der Waals surface area contributed by atoms with Gasteiger partial charge in [-0.1, -0.05) is 0 Å². The maximum atomic E-state index is 13.9. The molecule has 0 fully saturated rings. The monoisotopic (exact) mass is 500 g/mol. The van der Waals surface area contributed by atoms with Crippen LogP contribution in [0.2, 0.25) is 0 Å². The van der Waals surface area contributed by atoms with Crippen molar-refractivity contribution in [2.24, 2.45) is 0 Å². The van der Waals surface area contributed by atoms with Gasteiger partial charge in [-0.05, 0) is 48.5 Å². The molecule has 0 radical (unpaired) electrons. The SMILES string of the molecule is COC(=O)c1ccc(NC(=O)c2cnn3c(C(F)(F)F)cc(-c4ccc(OC)c(OC)c4)nc23)cc1. The van der Waals surface area contributed by atoms with E-state index < -0.39 is 23.7 Å². The summed E-state index contributed by atoms with van der Waals surface area (Å²) in [4.78, 5) is 28.8. The van der Waals surface area contributed by atoms with Crippen molar-refractivity contribution in [3.63, 3.8) is 0 Å². The average molecular weight is 500 g/mol. The highest BCUT2D eigenvalue weighted by atomic mass is 19.4. The van der Waals surface area contributed by atoms with Crippen molar-refractivity contribution in [2.45, 2.75) is 6.18 Å². The molecule has 12 heteroatoms. The number of methoxy groups -OCH3 is 3. The van der Waals surface area contributed by atoms with Gasteiger partial charge in [-0.25, -0.2) is 14.3 Å². The fraction of sp³-hybridized carbons (Fsp3) is 0.167. The van der Waals surface area contributed by atoms with Crippen molar-refractivity contribution in [1.82, 2.24) is 14.6 Å². The van der Waals surface area contributed by atoms with Crippen molar-refractivity contribution < 1.29 is 37.0 Å². The molecule has 0 atom stereocenters. The van der Waals surface area contributed by atoms with Crippen molar-refractivity contribution in [3.05, 3.63) is 71.5 Å². The van der Waals surface area contributed by atoms with Gasteiger partial charge in [-0.3, -0.25) is 4.79 Å². The van der Waals surface area contributed by atoms with Crippen LogP contribution in [-0.4, -0.2) is 47.8 Å². The molecule has 1 amide bonds. The lowest BCUT2D eigenvalue weighted by Gasteiger charge is -2.13. The molecule has 2 heterocycles. The standard InChI is InChI=1S/C24H19F3N4O5/c1-34-18-9-6-14(10-19(18)35-2)17-11-20(24(25,26)27)31-21(30-17)16(12-28-31)22(32)29-15-7-4-13(5-8-15)23(33)36-3/h4-12H,1-3H3,(H,29,32). The summed E-state index contributed by atoms with van der Waals surface area (Å²) in [5.41, 5.74) is -0.752. The predicted octanol–water partition coefficient (Wildman–Crippen LogP) is 4.47. The summed E-state index contributed by atoms with van der Waals surface area (Å²) in [6, 6.07) is 11.2. The summed E-state index contributed by atoms with van der Waals surface area (Å²) in [5, 5.41) is 6.33. The highest BCUT2D eigenvalue weighted by Gasteiger charge is 2.36. The van der Waals surface area contributed by atoms with E-state index in [1.165, 1.54) is 63.8 Å². The smallest absolute Gasteiger partial charge is 0.433 e. The third-order valence-electron chi connectivity index (χ3n) is 5.25. The minimum atomic E-state index is -4.78. The van der Waals surface area contributed by atoms with E-state index in [1.807, 2.05) is 0 Å². The molecule has 0 aliphatic heterocycles. The van der Waals surface area contributed by atoms with Gasteiger partial charge in [0.05, 0.1) is 38.8 Å². The largest absolute Gasteiger partial charge is 0.493 e. The maximum Gasteiger partial charge on any atom is 0.433 e. The number of halogens is 3. The first-order valence-electron chi connectivity index (χ1n) is 10.3. The van der Waals surface area contributed by atoms with E-state index in [2.05, 4.69) is 20.1 Å². The Morgan fingerprint density at radius 2 is 1.64 bits per heavy atom. The molecule has 186 valence electrons. The Morgan fingerprint density at radius 1 is 0.944 bits per heavy atom. The van der Waals surface area contributed by atoms with E-state index in [9.17, 15) is 22.8 Å². The molecule has 4 rings (SSSR count). The van der Waals surface area contributed by atoms with Crippen molar-refractivity contribution >= 4 is 23.2 Å². The van der Waals surface area contributed by atoms with Gasteiger partial charge in [0.1, 0.15) is 5.56 Å². The molecular formula is C24H19F3N4O5. The fourth-order valence-electron chi connectivity index (χ4n) is 3.47. The molecule has 1 N–H and O–H groups in total. The maximum absolute atomic E-state index is 13.9. The lowest BCUT2D eigenvalue weighted by atomic mass is 10.1. The van der Waals surface area contributed by atoms with Gasteiger partial charge >= 0.3 is 12.1 Å². The van der Waals surface area contributed by atoms with Gasteiger partial charge < -0.3 is 19.5 Å². The Kier molecular flexibility index (Phi) is 6.51. The molecule has 0 aliphatic carbocycles. The van der Waals surface area contributed by atoms with Crippen LogP contribution in [-0.2, 0) is 10.9 Å². The van der Waals surface area contributed by atoms with Crippen LogP contribution in [0.5, 0.6) is 11.5 Å². The van der Waals surface area contributed by atoms with Crippen molar-refractivity contribution in [2.75, 3.05) is 26.6 Å². The summed E-state index contributed by atoms with van der Waals surface area (Å²) in [6.07, 6.45) is -3.77. The molecule has 2 aromatic carbocycles. The lowest BCUT2D eigenvalue weighted by Crippen LogP contribution is -2.16. The number of ether oxygens (including phenoxy) is 3. The first-order chi connectivity index (χ1) is 17.2. The molecule has 0 bridgehead atoms. The summed E-state index contributed by atoms with van der Waals surface area (Å²) >= 11 is 0. The number of esters is 1. The highest BCUT2D eigenvalue weighted by Crippen LogP contribution is 2.36. The Balaban J connectivity index is 1.77. The van der Waals surface area contributed by atoms with Crippen LogP contribution in [0.15, 0.2) is 54.7 Å². The number of hydrogen-bond acceptors (Lipinski definition) is 7. The Bertz CT molecular complexity index is 1450. The zero-order valence-electron chi connectivity index (χ0n) is 19.2. The van der Waals surface area contributed by atoms with E-state index in [4.69, 9.17) is 9.47 Å². The van der Waals surface area contributed by atoms with Gasteiger partial charge in [-0.2, -0.15) is 18.3 Å². The second-order valence-electron chi connectivity index (χ2n) is 7.41. The molecule has 9 nitrogen and oxygen atoms in total. The third kappa shape index (κ3) is 4.65. The number of alkyl halides is 3. The molecule has 0 aliphatic rings. The van der Waals surface area contributed by atoms with E-state index >= 15 is 0 Å². The number of carbonyl (C=O) groups is 2. The lowest BCUT2D eigenvalue weighted by molar-refractivity contribution is -0.142. The van der Waals surface area contributed by atoms with Crippen LogP contribution in [0.4, 0.5) is 18.9 Å². The summed E-state index contributed by atoms with van der Waals surface area (Å²) < 4.78 is 57.3. The number of aromatic nitrogens is 3. The normalized spacial score (nSPS) is 11.3. The van der Waals surface area contributed by atoms with E-state index in [0.29, 0.717) is 27.3 Å². The Morgan fingerprint density at radius 3 is 2.25 bits per heavy atom. The second kappa shape index (κ2) is 9.56. The summed E-state index contributed by atoms with van der Waals surface area (Å²) in [5.74, 6) is -0.601. The molecule has 0 spiro atoms. The molecule has 0 unspecified atom stereocenters. The molecule has 36 heavy (non-hydrogen) atoms. The number of fused-ring (bicyclic) bond motifs is 1. The Labute approximate surface area is 202 Å². The van der Waals surface area contributed by atoms with E-state index in [0.717, 1.165) is 12.3 Å². The summed E-state index contributed by atoms with van der Waals surface area (Å²) in [7, 11) is 4.07. The average Bonchev–Trinajstić information content (AvgIpc) is 3.31. The first kappa shape index (κ1) is 24.5. The van der Waals surface area contributed by atoms with Crippen LogP contribution in [0.25, 0.3) is 16.9 Å². The predicted molar refractivity (Wildman–Crippen MR) is 122 cm³/mol. The van der Waals surface area contributed by atoms with Crippen molar-refractivity contribution in [1.29, 1.82) is 0 Å². The van der Waals surface area contributed by atoms with Crippen molar-refractivity contribution in [3.8, 4) is 22.8 Å². The highest BCUT2D eigenvalue weighted by molar-refractivity contribution is 6.08. The third-order valence-corrected chi connectivity index (χ3v) is 5.25. The number of hydrogen-bond donors (Lipinski definition) is 1. The van der Waals surface area contributed by atoms with Crippen LogP contribution < -0.4 is 14.8 Å². The van der Waals surface area contributed by atoms with Gasteiger partial charge in [-0.15, -0.1) is 0 Å². The Hall–Kier alpha value is -4.61. The van der Waals surface area contributed by atoms with Crippen LogP contribution in [0.3, 0.4) is 0 Å². The first-order valence-corrected chi connectivity index (χ1v) is 10.3. The van der Waals surface area contributed by atoms with Crippen LogP contribution in [0, 0.1) is 0 Å². The zero-order chi connectivity index (χ0) is 26.0. The van der Waals surface area contributed by atoms with E-state index in [-0.39, 0.29) is 22.5 Å².